The molecule has 2 N–H and O–H groups in total. The first-order chi connectivity index (χ1) is 12.3. The number of hydrogen-bond acceptors (Lipinski definition) is 3. The van der Waals surface area contributed by atoms with Gasteiger partial charge in [-0.2, -0.15) is 13.2 Å². The van der Waals surface area contributed by atoms with E-state index in [1.807, 2.05) is 6.92 Å². The Morgan fingerprint density at radius 2 is 1.81 bits per heavy atom. The molecule has 1 fully saturated rings. The third-order valence-electron chi connectivity index (χ3n) is 4.41. The first-order valence-electron chi connectivity index (χ1n) is 8.78. The molecular formula is C18H24F3N3O2. The van der Waals surface area contributed by atoms with Gasteiger partial charge in [-0.15, -0.1) is 0 Å². The maximum atomic E-state index is 12.6. The number of carbonyl (C=O) groups is 2. The van der Waals surface area contributed by atoms with E-state index in [4.69, 9.17) is 0 Å². The van der Waals surface area contributed by atoms with Gasteiger partial charge in [0, 0.05) is 18.2 Å². The number of hydrogen-bond donors (Lipinski definition) is 2. The van der Waals surface area contributed by atoms with E-state index in [0.29, 0.717) is 6.54 Å². The van der Waals surface area contributed by atoms with Crippen molar-refractivity contribution in [3.05, 3.63) is 35.4 Å². The lowest BCUT2D eigenvalue weighted by Gasteiger charge is -2.34. The molecule has 8 heteroatoms. The molecule has 0 aromatic heterocycles. The van der Waals surface area contributed by atoms with Gasteiger partial charge >= 0.3 is 6.18 Å². The van der Waals surface area contributed by atoms with E-state index < -0.39 is 17.6 Å². The number of benzene rings is 1. The van der Waals surface area contributed by atoms with Crippen LogP contribution in [0.25, 0.3) is 0 Å². The van der Waals surface area contributed by atoms with Gasteiger partial charge in [-0.1, -0.05) is 6.92 Å². The fraction of sp³-hybridized carbons (Fsp3) is 0.556. The number of alkyl halides is 3. The number of carbonyl (C=O) groups excluding carboxylic acids is 2. The van der Waals surface area contributed by atoms with E-state index in [0.717, 1.165) is 56.6 Å². The van der Waals surface area contributed by atoms with E-state index in [1.54, 1.807) is 4.90 Å². The minimum atomic E-state index is -4.44. The van der Waals surface area contributed by atoms with Crippen LogP contribution < -0.4 is 10.6 Å². The molecule has 0 unspecified atom stereocenters. The number of nitrogens with zero attached hydrogens (tertiary/aromatic N) is 1. The van der Waals surface area contributed by atoms with Crippen LogP contribution in [0.5, 0.6) is 0 Å². The maximum Gasteiger partial charge on any atom is 0.416 e. The zero-order valence-electron chi connectivity index (χ0n) is 14.7. The zero-order chi connectivity index (χ0) is 19.2. The van der Waals surface area contributed by atoms with Crippen LogP contribution in [0.15, 0.2) is 24.3 Å². The van der Waals surface area contributed by atoms with Gasteiger partial charge in [0.25, 0.3) is 5.91 Å². The molecule has 0 spiro atoms. The van der Waals surface area contributed by atoms with Crippen LogP contribution >= 0.6 is 0 Å². The molecule has 2 rings (SSSR count). The van der Waals surface area contributed by atoms with Crippen molar-refractivity contribution >= 4 is 11.8 Å². The fourth-order valence-electron chi connectivity index (χ4n) is 3.04. The summed E-state index contributed by atoms with van der Waals surface area (Å²) in [6.45, 7) is 4.16. The lowest BCUT2D eigenvalue weighted by atomic mass is 10.0. The SMILES string of the molecule is CCCN(C(=O)CNC(=O)c1ccc(C(F)(F)F)cc1)C1CCNCC1. The molecule has 0 atom stereocenters. The number of rotatable bonds is 6. The summed E-state index contributed by atoms with van der Waals surface area (Å²) in [4.78, 5) is 26.4. The van der Waals surface area contributed by atoms with Crippen molar-refractivity contribution in [2.24, 2.45) is 0 Å². The molecule has 2 amide bonds. The third-order valence-corrected chi connectivity index (χ3v) is 4.41. The number of amides is 2. The van der Waals surface area contributed by atoms with Crippen molar-refractivity contribution in [2.45, 2.75) is 38.4 Å². The van der Waals surface area contributed by atoms with Crippen LogP contribution in [0, 0.1) is 0 Å². The lowest BCUT2D eigenvalue weighted by Crippen LogP contribution is -2.49. The second-order valence-electron chi connectivity index (χ2n) is 6.33. The van der Waals surface area contributed by atoms with Gasteiger partial charge < -0.3 is 15.5 Å². The van der Waals surface area contributed by atoms with E-state index in [-0.39, 0.29) is 24.1 Å². The highest BCUT2D eigenvalue weighted by Crippen LogP contribution is 2.29. The Morgan fingerprint density at radius 1 is 1.19 bits per heavy atom. The first-order valence-corrected chi connectivity index (χ1v) is 8.78. The molecule has 5 nitrogen and oxygen atoms in total. The molecule has 0 bridgehead atoms. The normalized spacial score (nSPS) is 15.5. The van der Waals surface area contributed by atoms with Crippen LogP contribution in [0.3, 0.4) is 0 Å². The van der Waals surface area contributed by atoms with Gasteiger partial charge in [0.05, 0.1) is 12.1 Å². The van der Waals surface area contributed by atoms with Crippen molar-refractivity contribution in [1.82, 2.24) is 15.5 Å². The summed E-state index contributed by atoms with van der Waals surface area (Å²) in [5.41, 5.74) is -0.722. The smallest absolute Gasteiger partial charge is 0.343 e. The van der Waals surface area contributed by atoms with Gasteiger partial charge in [-0.05, 0) is 56.6 Å². The van der Waals surface area contributed by atoms with Crippen molar-refractivity contribution in [2.75, 3.05) is 26.2 Å². The second-order valence-corrected chi connectivity index (χ2v) is 6.33. The molecule has 1 aromatic rings. The van der Waals surface area contributed by atoms with Crippen LogP contribution in [0.1, 0.15) is 42.1 Å². The Morgan fingerprint density at radius 3 is 2.35 bits per heavy atom. The van der Waals surface area contributed by atoms with Gasteiger partial charge in [0.15, 0.2) is 0 Å². The molecule has 0 aliphatic carbocycles. The molecule has 26 heavy (non-hydrogen) atoms. The highest BCUT2D eigenvalue weighted by Gasteiger charge is 2.30. The molecule has 144 valence electrons. The number of nitrogens with one attached hydrogen (secondary N) is 2. The first kappa shape index (κ1) is 20.2. The average Bonchev–Trinajstić information content (AvgIpc) is 2.64. The quantitative estimate of drug-likeness (QED) is 0.807. The van der Waals surface area contributed by atoms with Crippen LogP contribution in [-0.2, 0) is 11.0 Å². The second kappa shape index (κ2) is 9.02. The Balaban J connectivity index is 1.93. The van der Waals surface area contributed by atoms with E-state index >= 15 is 0 Å². The summed E-state index contributed by atoms with van der Waals surface area (Å²) >= 11 is 0. The fourth-order valence-corrected chi connectivity index (χ4v) is 3.04. The maximum absolute atomic E-state index is 12.6. The molecular weight excluding hydrogens is 347 g/mol. The number of piperidine rings is 1. The van der Waals surface area contributed by atoms with Gasteiger partial charge in [-0.25, -0.2) is 0 Å². The van der Waals surface area contributed by atoms with Crippen molar-refractivity contribution in [3.8, 4) is 0 Å². The monoisotopic (exact) mass is 371 g/mol. The Hall–Kier alpha value is -2.09. The van der Waals surface area contributed by atoms with Gasteiger partial charge in [-0.3, -0.25) is 9.59 Å². The Labute approximate surface area is 150 Å². The molecule has 1 aliphatic heterocycles. The summed E-state index contributed by atoms with van der Waals surface area (Å²) in [5.74, 6) is -0.729. The lowest BCUT2D eigenvalue weighted by molar-refractivity contribution is -0.137. The molecule has 0 saturated carbocycles. The van der Waals surface area contributed by atoms with Gasteiger partial charge in [0.2, 0.25) is 5.91 Å². The Bertz CT molecular complexity index is 611. The third kappa shape index (κ3) is 5.45. The summed E-state index contributed by atoms with van der Waals surface area (Å²) < 4.78 is 37.7. The Kier molecular flexibility index (Phi) is 7.02. The molecule has 1 aromatic carbocycles. The molecule has 0 radical (unpaired) electrons. The summed E-state index contributed by atoms with van der Waals surface area (Å²) in [6.07, 6.45) is -1.87. The summed E-state index contributed by atoms with van der Waals surface area (Å²) in [6, 6.07) is 4.09. The van der Waals surface area contributed by atoms with Crippen molar-refractivity contribution < 1.29 is 22.8 Å². The van der Waals surface area contributed by atoms with Gasteiger partial charge in [0.1, 0.15) is 0 Å². The highest BCUT2D eigenvalue weighted by molar-refractivity contribution is 5.96. The van der Waals surface area contributed by atoms with Crippen LogP contribution in [0.4, 0.5) is 13.2 Å². The van der Waals surface area contributed by atoms with E-state index in [1.165, 1.54) is 0 Å². The highest BCUT2D eigenvalue weighted by atomic mass is 19.4. The van der Waals surface area contributed by atoms with Crippen LogP contribution in [0.2, 0.25) is 0 Å². The number of halogens is 3. The zero-order valence-corrected chi connectivity index (χ0v) is 14.7. The van der Waals surface area contributed by atoms with Crippen LogP contribution in [-0.4, -0.2) is 48.9 Å². The van der Waals surface area contributed by atoms with E-state index in [9.17, 15) is 22.8 Å². The largest absolute Gasteiger partial charge is 0.416 e. The van der Waals surface area contributed by atoms with E-state index in [2.05, 4.69) is 10.6 Å². The predicted molar refractivity (Wildman–Crippen MR) is 91.7 cm³/mol. The minimum absolute atomic E-state index is 0.0923. The predicted octanol–water partition coefficient (Wildman–Crippen LogP) is 2.43. The topological polar surface area (TPSA) is 61.4 Å². The average molecular weight is 371 g/mol. The molecule has 1 heterocycles. The standard InChI is InChI=1S/C18H24F3N3O2/c1-2-11-24(15-7-9-22-10-8-15)16(25)12-23-17(26)13-3-5-14(6-4-13)18(19,20)21/h3-6,15,22H,2,7-12H2,1H3,(H,23,26). The van der Waals surface area contributed by atoms with Crippen molar-refractivity contribution in [1.29, 1.82) is 0 Å². The molecule has 1 aliphatic rings. The van der Waals surface area contributed by atoms with Crippen molar-refractivity contribution in [3.63, 3.8) is 0 Å². The summed E-state index contributed by atoms with van der Waals surface area (Å²) in [5, 5.41) is 5.76. The molecule has 1 saturated heterocycles. The summed E-state index contributed by atoms with van der Waals surface area (Å²) in [7, 11) is 0. The minimum Gasteiger partial charge on any atom is -0.343 e.